The Morgan fingerprint density at radius 1 is 1.00 bits per heavy atom. The summed E-state index contributed by atoms with van der Waals surface area (Å²) in [4.78, 5) is 11.3. The van der Waals surface area contributed by atoms with E-state index in [1.165, 1.54) is 44.1 Å². The first-order valence-corrected chi connectivity index (χ1v) is 10.0. The fourth-order valence-electron chi connectivity index (χ4n) is 5.19. The van der Waals surface area contributed by atoms with Crippen molar-refractivity contribution in [1.82, 2.24) is 0 Å². The molecule has 0 spiro atoms. The summed E-state index contributed by atoms with van der Waals surface area (Å²) in [5, 5.41) is 18.3. The molecule has 2 saturated carbocycles. The number of nitrogens with zero attached hydrogens (tertiary/aromatic N) is 1. The van der Waals surface area contributed by atoms with E-state index in [1.54, 1.807) is 6.08 Å². The minimum absolute atomic E-state index is 0.253. The van der Waals surface area contributed by atoms with Gasteiger partial charge in [0.1, 0.15) is 0 Å². The Balaban J connectivity index is 1.50. The predicted octanol–water partition coefficient (Wildman–Crippen LogP) is 5.67. The van der Waals surface area contributed by atoms with Crippen LogP contribution in [0.25, 0.3) is 0 Å². The van der Waals surface area contributed by atoms with Crippen molar-refractivity contribution < 1.29 is 9.90 Å². The fourth-order valence-corrected chi connectivity index (χ4v) is 5.19. The lowest BCUT2D eigenvalue weighted by Crippen LogP contribution is -2.27. The van der Waals surface area contributed by atoms with E-state index < -0.39 is 5.97 Å². The lowest BCUT2D eigenvalue weighted by atomic mass is 9.67. The number of allylic oxidation sites excluding steroid dienone is 1. The second kappa shape index (κ2) is 8.54. The third-order valence-electron chi connectivity index (χ3n) is 6.72. The summed E-state index contributed by atoms with van der Waals surface area (Å²) in [6.07, 6.45) is 11.3. The van der Waals surface area contributed by atoms with Gasteiger partial charge in [-0.1, -0.05) is 18.2 Å². The Labute approximate surface area is 156 Å². The maximum atomic E-state index is 11.3. The Kier molecular flexibility index (Phi) is 6.14. The highest BCUT2D eigenvalue weighted by Crippen LogP contribution is 2.44. The minimum Gasteiger partial charge on any atom is -0.478 e. The van der Waals surface area contributed by atoms with Gasteiger partial charge in [-0.2, -0.15) is 5.26 Å². The molecule has 3 heteroatoms. The predicted molar refractivity (Wildman–Crippen MR) is 103 cm³/mol. The third kappa shape index (κ3) is 4.18. The van der Waals surface area contributed by atoms with E-state index in [0.29, 0.717) is 11.5 Å². The van der Waals surface area contributed by atoms with E-state index in [9.17, 15) is 9.90 Å². The first kappa shape index (κ1) is 18.7. The van der Waals surface area contributed by atoms with Crippen LogP contribution in [0.2, 0.25) is 0 Å². The van der Waals surface area contributed by atoms with E-state index in [1.807, 2.05) is 19.1 Å². The van der Waals surface area contributed by atoms with Gasteiger partial charge in [0.15, 0.2) is 0 Å². The maximum absolute atomic E-state index is 11.3. The molecule has 0 amide bonds. The molecule has 1 N–H and O–H groups in total. The molecule has 2 aliphatic carbocycles. The summed E-state index contributed by atoms with van der Waals surface area (Å²) >= 11 is 0. The highest BCUT2D eigenvalue weighted by atomic mass is 16.4. The number of carboxylic acids is 1. The largest absolute Gasteiger partial charge is 0.478 e. The zero-order chi connectivity index (χ0) is 18.5. The molecular formula is C23H29NO2. The first-order valence-electron chi connectivity index (χ1n) is 10.0. The zero-order valence-electron chi connectivity index (χ0n) is 15.7. The normalized spacial score (nSPS) is 29.8. The number of hydrogen-bond acceptors (Lipinski definition) is 2. The molecule has 0 atom stereocenters. The van der Waals surface area contributed by atoms with E-state index >= 15 is 0 Å². The van der Waals surface area contributed by atoms with Crippen molar-refractivity contribution in [3.63, 3.8) is 0 Å². The van der Waals surface area contributed by atoms with E-state index in [-0.39, 0.29) is 5.92 Å². The zero-order valence-corrected chi connectivity index (χ0v) is 15.7. The molecule has 1 aromatic carbocycles. The summed E-state index contributed by atoms with van der Waals surface area (Å²) in [7, 11) is 0. The van der Waals surface area contributed by atoms with Crippen LogP contribution >= 0.6 is 0 Å². The Hall–Kier alpha value is -2.08. The fraction of sp³-hybridized carbons (Fsp3) is 0.565. The van der Waals surface area contributed by atoms with Gasteiger partial charge in [0.25, 0.3) is 0 Å². The van der Waals surface area contributed by atoms with Crippen molar-refractivity contribution in [2.75, 3.05) is 0 Å². The standard InChI is InChI=1S/C23H29NO2/c1-2-22(23(25)26)21-13-11-20(12-14-21)19-9-7-18(8-10-19)17-5-3-16(15-24)4-6-17/h2-6,18-21H,7-14H2,1H3,(H,25,26). The maximum Gasteiger partial charge on any atom is 0.331 e. The van der Waals surface area contributed by atoms with Gasteiger partial charge in [-0.25, -0.2) is 4.79 Å². The summed E-state index contributed by atoms with van der Waals surface area (Å²) in [6.45, 7) is 1.85. The molecular weight excluding hydrogens is 322 g/mol. The van der Waals surface area contributed by atoms with Crippen LogP contribution < -0.4 is 0 Å². The van der Waals surface area contributed by atoms with Gasteiger partial charge in [-0.05, 0) is 99.7 Å². The number of aliphatic carboxylic acids is 1. The Morgan fingerprint density at radius 3 is 2.00 bits per heavy atom. The molecule has 2 fully saturated rings. The second-order valence-corrected chi connectivity index (χ2v) is 8.01. The first-order chi connectivity index (χ1) is 12.6. The van der Waals surface area contributed by atoms with Crippen LogP contribution in [-0.4, -0.2) is 11.1 Å². The third-order valence-corrected chi connectivity index (χ3v) is 6.72. The summed E-state index contributed by atoms with van der Waals surface area (Å²) in [5.74, 6) is 1.74. The number of benzene rings is 1. The average Bonchev–Trinajstić information content (AvgIpc) is 2.69. The van der Waals surface area contributed by atoms with Gasteiger partial charge < -0.3 is 5.11 Å². The molecule has 3 rings (SSSR count). The number of nitriles is 1. The summed E-state index contributed by atoms with van der Waals surface area (Å²) in [5.41, 5.74) is 2.74. The molecule has 0 aliphatic heterocycles. The lowest BCUT2D eigenvalue weighted by Gasteiger charge is -2.38. The molecule has 0 radical (unpaired) electrons. The van der Waals surface area contributed by atoms with Gasteiger partial charge in [0, 0.05) is 5.57 Å². The quantitative estimate of drug-likeness (QED) is 0.711. The number of rotatable bonds is 4. The van der Waals surface area contributed by atoms with Crippen LogP contribution in [0.3, 0.4) is 0 Å². The smallest absolute Gasteiger partial charge is 0.331 e. The van der Waals surface area contributed by atoms with Crippen LogP contribution in [0, 0.1) is 29.1 Å². The van der Waals surface area contributed by atoms with Crippen molar-refractivity contribution in [3.8, 4) is 6.07 Å². The van der Waals surface area contributed by atoms with Crippen LogP contribution in [-0.2, 0) is 4.79 Å². The second-order valence-electron chi connectivity index (χ2n) is 8.01. The molecule has 0 saturated heterocycles. The number of hydrogen-bond donors (Lipinski definition) is 1. The monoisotopic (exact) mass is 351 g/mol. The van der Waals surface area contributed by atoms with Crippen LogP contribution in [0.15, 0.2) is 35.9 Å². The Bertz CT molecular complexity index is 682. The molecule has 138 valence electrons. The van der Waals surface area contributed by atoms with E-state index in [4.69, 9.17) is 5.26 Å². The summed E-state index contributed by atoms with van der Waals surface area (Å²) < 4.78 is 0. The average molecular weight is 351 g/mol. The lowest BCUT2D eigenvalue weighted by molar-refractivity contribution is -0.133. The SMILES string of the molecule is CC=C(C(=O)O)C1CCC(C2CCC(c3ccc(C#N)cc3)CC2)CC1. The number of carbonyl (C=O) groups is 1. The van der Waals surface area contributed by atoms with Gasteiger partial charge >= 0.3 is 5.97 Å². The van der Waals surface area contributed by atoms with Crippen LogP contribution in [0.1, 0.15) is 75.3 Å². The number of carboxylic acid groups (broad SMARTS) is 1. The molecule has 0 unspecified atom stereocenters. The molecule has 1 aromatic rings. The molecule has 0 bridgehead atoms. The highest BCUT2D eigenvalue weighted by molar-refractivity contribution is 5.87. The highest BCUT2D eigenvalue weighted by Gasteiger charge is 2.33. The van der Waals surface area contributed by atoms with Crippen LogP contribution in [0.4, 0.5) is 0 Å². The van der Waals surface area contributed by atoms with E-state index in [2.05, 4.69) is 18.2 Å². The topological polar surface area (TPSA) is 61.1 Å². The van der Waals surface area contributed by atoms with Gasteiger partial charge in [0.05, 0.1) is 11.6 Å². The minimum atomic E-state index is -0.737. The van der Waals surface area contributed by atoms with Gasteiger partial charge in [-0.3, -0.25) is 0 Å². The molecule has 26 heavy (non-hydrogen) atoms. The van der Waals surface area contributed by atoms with Gasteiger partial charge in [0.2, 0.25) is 0 Å². The molecule has 0 aromatic heterocycles. The summed E-state index contributed by atoms with van der Waals surface area (Å²) in [6, 6.07) is 10.3. The van der Waals surface area contributed by atoms with Crippen molar-refractivity contribution >= 4 is 5.97 Å². The van der Waals surface area contributed by atoms with Crippen molar-refractivity contribution in [2.24, 2.45) is 17.8 Å². The molecule has 0 heterocycles. The molecule has 2 aliphatic rings. The Morgan fingerprint density at radius 2 is 1.54 bits per heavy atom. The van der Waals surface area contributed by atoms with Crippen LogP contribution in [0.5, 0.6) is 0 Å². The van der Waals surface area contributed by atoms with Crippen molar-refractivity contribution in [3.05, 3.63) is 47.0 Å². The molecule has 3 nitrogen and oxygen atoms in total. The van der Waals surface area contributed by atoms with E-state index in [0.717, 1.165) is 30.2 Å². The van der Waals surface area contributed by atoms with Crippen molar-refractivity contribution in [1.29, 1.82) is 5.26 Å². The van der Waals surface area contributed by atoms with Gasteiger partial charge in [-0.15, -0.1) is 0 Å². The van der Waals surface area contributed by atoms with Crippen molar-refractivity contribution in [2.45, 2.75) is 64.2 Å².